The normalized spacial score (nSPS) is 14.1. The standard InChI is InChI=1S/C24H23N5O2S/c1-17-10-11-18-6-5-9-22(24(18)25-17)32(30,31)28-20-8-4-7-19(16-20)21-12-13-23(27-26-21)29-14-2-3-15-29/h4-13,16,28H,2-3,14-15H2,1H3. The molecule has 1 N–H and O–H groups in total. The number of rotatable bonds is 5. The van der Waals surface area contributed by atoms with E-state index in [1.54, 1.807) is 30.3 Å². The average Bonchev–Trinajstić information content (AvgIpc) is 3.34. The van der Waals surface area contributed by atoms with Gasteiger partial charge in [-0.25, -0.2) is 8.42 Å². The summed E-state index contributed by atoms with van der Waals surface area (Å²) in [5.41, 5.74) is 3.16. The van der Waals surface area contributed by atoms with Gasteiger partial charge in [-0.15, -0.1) is 10.2 Å². The van der Waals surface area contributed by atoms with Crippen LogP contribution in [0.5, 0.6) is 0 Å². The van der Waals surface area contributed by atoms with Crippen molar-refractivity contribution in [2.45, 2.75) is 24.7 Å². The van der Waals surface area contributed by atoms with Crippen molar-refractivity contribution in [2.75, 3.05) is 22.7 Å². The van der Waals surface area contributed by atoms with E-state index in [9.17, 15) is 8.42 Å². The number of nitrogens with zero attached hydrogens (tertiary/aromatic N) is 4. The van der Waals surface area contributed by atoms with Crippen molar-refractivity contribution < 1.29 is 8.42 Å². The molecule has 32 heavy (non-hydrogen) atoms. The maximum Gasteiger partial charge on any atom is 0.264 e. The fourth-order valence-corrected chi connectivity index (χ4v) is 5.20. The van der Waals surface area contributed by atoms with Crippen LogP contribution >= 0.6 is 0 Å². The fourth-order valence-electron chi connectivity index (χ4n) is 3.98. The molecule has 2 aromatic heterocycles. The summed E-state index contributed by atoms with van der Waals surface area (Å²) in [6.45, 7) is 3.86. The number of pyridine rings is 1. The zero-order chi connectivity index (χ0) is 22.1. The first-order valence-electron chi connectivity index (χ1n) is 10.6. The molecule has 8 heteroatoms. The van der Waals surface area contributed by atoms with Crippen molar-refractivity contribution in [1.82, 2.24) is 15.2 Å². The molecule has 3 heterocycles. The van der Waals surface area contributed by atoms with E-state index >= 15 is 0 Å². The van der Waals surface area contributed by atoms with Gasteiger partial charge in [0.1, 0.15) is 4.90 Å². The van der Waals surface area contributed by atoms with Gasteiger partial charge in [0.05, 0.1) is 11.2 Å². The minimum atomic E-state index is -3.83. The van der Waals surface area contributed by atoms with E-state index < -0.39 is 10.0 Å². The van der Waals surface area contributed by atoms with Gasteiger partial charge >= 0.3 is 0 Å². The maximum absolute atomic E-state index is 13.2. The monoisotopic (exact) mass is 445 g/mol. The Hall–Kier alpha value is -3.52. The van der Waals surface area contributed by atoms with Crippen LogP contribution in [0.15, 0.2) is 71.6 Å². The maximum atomic E-state index is 13.2. The minimum absolute atomic E-state index is 0.152. The van der Waals surface area contributed by atoms with Gasteiger partial charge < -0.3 is 4.90 Å². The highest BCUT2D eigenvalue weighted by molar-refractivity contribution is 7.93. The number of hydrogen-bond donors (Lipinski definition) is 1. The van der Waals surface area contributed by atoms with Gasteiger partial charge in [-0.1, -0.05) is 30.3 Å². The summed E-state index contributed by atoms with van der Waals surface area (Å²) in [5.74, 6) is 0.877. The Kier molecular flexibility index (Phi) is 5.22. The molecule has 2 aromatic carbocycles. The third-order valence-electron chi connectivity index (χ3n) is 5.60. The molecule has 0 spiro atoms. The van der Waals surface area contributed by atoms with Crippen LogP contribution < -0.4 is 9.62 Å². The number of aromatic nitrogens is 3. The van der Waals surface area contributed by atoms with Crippen LogP contribution in [0, 0.1) is 6.92 Å². The third kappa shape index (κ3) is 4.01. The molecule has 1 aliphatic rings. The Morgan fingerprint density at radius 3 is 2.50 bits per heavy atom. The number of nitrogens with one attached hydrogen (secondary N) is 1. The van der Waals surface area contributed by atoms with E-state index in [4.69, 9.17) is 0 Å². The molecule has 1 saturated heterocycles. The highest BCUT2D eigenvalue weighted by atomic mass is 32.2. The van der Waals surface area contributed by atoms with Gasteiger partial charge in [-0.3, -0.25) is 9.71 Å². The number of hydrogen-bond acceptors (Lipinski definition) is 6. The van der Waals surface area contributed by atoms with Gasteiger partial charge in [-0.2, -0.15) is 0 Å². The quantitative estimate of drug-likeness (QED) is 0.490. The van der Waals surface area contributed by atoms with E-state index in [0.717, 1.165) is 35.6 Å². The third-order valence-corrected chi connectivity index (χ3v) is 7.02. The Labute approximate surface area is 187 Å². The molecule has 0 aliphatic carbocycles. The molecule has 1 fully saturated rings. The number of para-hydroxylation sites is 1. The molecule has 162 valence electrons. The van der Waals surface area contributed by atoms with Crippen LogP contribution in [0.2, 0.25) is 0 Å². The lowest BCUT2D eigenvalue weighted by molar-refractivity contribution is 0.602. The second kappa shape index (κ2) is 8.20. The zero-order valence-corrected chi connectivity index (χ0v) is 18.5. The van der Waals surface area contributed by atoms with Gasteiger partial charge in [0.2, 0.25) is 0 Å². The van der Waals surface area contributed by atoms with Gasteiger partial charge in [0.15, 0.2) is 5.82 Å². The van der Waals surface area contributed by atoms with Crippen molar-refractivity contribution in [3.8, 4) is 11.3 Å². The summed E-state index contributed by atoms with van der Waals surface area (Å²) in [6, 6.07) is 20.0. The molecule has 0 bridgehead atoms. The molecule has 0 unspecified atom stereocenters. The minimum Gasteiger partial charge on any atom is -0.355 e. The molecule has 0 atom stereocenters. The molecule has 1 aliphatic heterocycles. The van der Waals surface area contributed by atoms with Crippen LogP contribution in [0.4, 0.5) is 11.5 Å². The second-order valence-corrected chi connectivity index (χ2v) is 9.59. The van der Waals surface area contributed by atoms with E-state index in [2.05, 4.69) is 24.8 Å². The summed E-state index contributed by atoms with van der Waals surface area (Å²) in [4.78, 5) is 6.82. The zero-order valence-electron chi connectivity index (χ0n) is 17.7. The number of aryl methyl sites for hydroxylation is 1. The van der Waals surface area contributed by atoms with E-state index in [1.165, 1.54) is 12.8 Å². The molecule has 4 aromatic rings. The summed E-state index contributed by atoms with van der Waals surface area (Å²) < 4.78 is 29.1. The summed E-state index contributed by atoms with van der Waals surface area (Å²) in [6.07, 6.45) is 2.36. The first-order valence-corrected chi connectivity index (χ1v) is 12.1. The molecule has 0 saturated carbocycles. The Morgan fingerprint density at radius 2 is 1.72 bits per heavy atom. The largest absolute Gasteiger partial charge is 0.355 e. The van der Waals surface area contributed by atoms with Crippen LogP contribution in [-0.4, -0.2) is 36.7 Å². The Bertz CT molecular complexity index is 1380. The van der Waals surface area contributed by atoms with Crippen molar-refractivity contribution in [2.24, 2.45) is 0 Å². The Morgan fingerprint density at radius 1 is 0.906 bits per heavy atom. The summed E-state index contributed by atoms with van der Waals surface area (Å²) in [5, 5.41) is 9.50. The molecule has 7 nitrogen and oxygen atoms in total. The molecular formula is C24H23N5O2S. The van der Waals surface area contributed by atoms with Crippen molar-refractivity contribution in [1.29, 1.82) is 0 Å². The predicted molar refractivity (Wildman–Crippen MR) is 126 cm³/mol. The van der Waals surface area contributed by atoms with E-state index in [1.807, 2.05) is 43.3 Å². The number of fused-ring (bicyclic) bond motifs is 1. The lowest BCUT2D eigenvalue weighted by Gasteiger charge is -2.15. The molecular weight excluding hydrogens is 422 g/mol. The van der Waals surface area contributed by atoms with Crippen molar-refractivity contribution >= 4 is 32.4 Å². The smallest absolute Gasteiger partial charge is 0.264 e. The topological polar surface area (TPSA) is 88.1 Å². The van der Waals surface area contributed by atoms with Crippen LogP contribution in [0.3, 0.4) is 0 Å². The van der Waals surface area contributed by atoms with Crippen LogP contribution in [0.1, 0.15) is 18.5 Å². The van der Waals surface area contributed by atoms with Crippen LogP contribution in [0.25, 0.3) is 22.2 Å². The summed E-state index contributed by atoms with van der Waals surface area (Å²) in [7, 11) is -3.83. The van der Waals surface area contributed by atoms with Crippen LogP contribution in [-0.2, 0) is 10.0 Å². The average molecular weight is 446 g/mol. The predicted octanol–water partition coefficient (Wildman–Crippen LogP) is 4.40. The first kappa shape index (κ1) is 20.4. The molecule has 0 amide bonds. The highest BCUT2D eigenvalue weighted by Crippen LogP contribution is 2.27. The SMILES string of the molecule is Cc1ccc2cccc(S(=O)(=O)Nc3cccc(-c4ccc(N5CCCC5)nn4)c3)c2n1. The van der Waals surface area contributed by atoms with Gasteiger partial charge in [0.25, 0.3) is 10.0 Å². The first-order chi connectivity index (χ1) is 15.5. The number of anilines is 2. The van der Waals surface area contributed by atoms with Gasteiger partial charge in [-0.05, 0) is 56.2 Å². The van der Waals surface area contributed by atoms with Crippen molar-refractivity contribution in [3.05, 3.63) is 72.4 Å². The number of sulfonamides is 1. The lowest BCUT2D eigenvalue weighted by atomic mass is 10.1. The molecule has 5 rings (SSSR count). The second-order valence-electron chi connectivity index (χ2n) is 7.94. The number of benzene rings is 2. The highest BCUT2D eigenvalue weighted by Gasteiger charge is 2.19. The van der Waals surface area contributed by atoms with Crippen molar-refractivity contribution in [3.63, 3.8) is 0 Å². The Balaban J connectivity index is 1.43. The van der Waals surface area contributed by atoms with E-state index in [0.29, 0.717) is 16.9 Å². The summed E-state index contributed by atoms with van der Waals surface area (Å²) >= 11 is 0. The van der Waals surface area contributed by atoms with Gasteiger partial charge in [0, 0.05) is 35.4 Å². The lowest BCUT2D eigenvalue weighted by Crippen LogP contribution is -2.19. The molecule has 0 radical (unpaired) electrons. The fraction of sp³-hybridized carbons (Fsp3) is 0.208. The van der Waals surface area contributed by atoms with E-state index in [-0.39, 0.29) is 4.90 Å².